The molecule has 0 fully saturated rings. The van der Waals surface area contributed by atoms with Crippen molar-refractivity contribution in [2.45, 2.75) is 0 Å². The third-order valence-corrected chi connectivity index (χ3v) is 4.67. The summed E-state index contributed by atoms with van der Waals surface area (Å²) < 4.78 is 5.96. The van der Waals surface area contributed by atoms with Crippen LogP contribution in [0.5, 0.6) is 0 Å². The zero-order chi connectivity index (χ0) is 22.0. The van der Waals surface area contributed by atoms with Crippen LogP contribution in [0.1, 0.15) is 0 Å². The van der Waals surface area contributed by atoms with Crippen LogP contribution in [0.25, 0.3) is 21.9 Å². The second-order valence-electron chi connectivity index (χ2n) is 6.60. The molecular formula is C22H16N4O5. The second-order valence-corrected chi connectivity index (χ2v) is 6.60. The number of rotatable bonds is 6. The lowest BCUT2D eigenvalue weighted by molar-refractivity contribution is -0.393. The summed E-state index contributed by atoms with van der Waals surface area (Å²) >= 11 is 0. The molecule has 0 atom stereocenters. The van der Waals surface area contributed by atoms with Gasteiger partial charge in [0.25, 0.3) is 5.69 Å². The molecule has 0 saturated heterocycles. The average Bonchev–Trinajstić information content (AvgIpc) is 2.78. The van der Waals surface area contributed by atoms with E-state index >= 15 is 0 Å². The molecule has 4 rings (SSSR count). The van der Waals surface area contributed by atoms with E-state index in [-0.39, 0.29) is 17.9 Å². The van der Waals surface area contributed by atoms with E-state index < -0.39 is 15.5 Å². The van der Waals surface area contributed by atoms with Gasteiger partial charge in [-0.2, -0.15) is 5.10 Å². The molecule has 1 aromatic heterocycles. The van der Waals surface area contributed by atoms with Crippen molar-refractivity contribution in [3.8, 4) is 0 Å². The van der Waals surface area contributed by atoms with Gasteiger partial charge in [-0.1, -0.05) is 30.3 Å². The minimum absolute atomic E-state index is 0.115. The highest BCUT2D eigenvalue weighted by atomic mass is 16.6. The van der Waals surface area contributed by atoms with Crippen LogP contribution in [0.15, 0.2) is 88.9 Å². The minimum atomic E-state index is -0.675. The molecule has 0 aliphatic rings. The fourth-order valence-corrected chi connectivity index (χ4v) is 3.30. The molecule has 0 saturated carbocycles. The number of nitrogens with zero attached hydrogens (tertiary/aromatic N) is 4. The molecule has 0 bridgehead atoms. The van der Waals surface area contributed by atoms with E-state index in [2.05, 4.69) is 6.58 Å². The van der Waals surface area contributed by atoms with E-state index in [1.54, 1.807) is 6.08 Å². The van der Waals surface area contributed by atoms with Crippen LogP contribution >= 0.6 is 0 Å². The van der Waals surface area contributed by atoms with Crippen LogP contribution in [0, 0.1) is 20.2 Å². The number of nitro benzene ring substituents is 2. The number of hydrogen-bond donors (Lipinski definition) is 0. The van der Waals surface area contributed by atoms with E-state index in [1.807, 2.05) is 48.5 Å². The van der Waals surface area contributed by atoms with E-state index in [0.717, 1.165) is 16.8 Å². The smallest absolute Gasteiger partial charge is 0.301 e. The number of fused-ring (bicyclic) bond motifs is 2. The van der Waals surface area contributed by atoms with Crippen molar-refractivity contribution in [3.63, 3.8) is 0 Å². The number of para-hydroxylation sites is 2. The Bertz CT molecular complexity index is 1350. The summed E-state index contributed by atoms with van der Waals surface area (Å²) in [5.41, 5.74) is 0.537. The molecule has 0 N–H and O–H groups in total. The summed E-state index contributed by atoms with van der Waals surface area (Å²) in [6.45, 7) is 3.86. The Hall–Kier alpha value is -4.53. The van der Waals surface area contributed by atoms with E-state index in [1.165, 1.54) is 17.1 Å². The molecule has 9 nitrogen and oxygen atoms in total. The molecule has 0 aliphatic carbocycles. The topological polar surface area (TPSA) is 115 Å². The van der Waals surface area contributed by atoms with Crippen molar-refractivity contribution < 1.29 is 14.3 Å². The van der Waals surface area contributed by atoms with Gasteiger partial charge < -0.3 is 4.42 Å². The molecule has 31 heavy (non-hydrogen) atoms. The van der Waals surface area contributed by atoms with Gasteiger partial charge in [-0.25, -0.2) is 0 Å². The Morgan fingerprint density at radius 3 is 2.10 bits per heavy atom. The zero-order valence-electron chi connectivity index (χ0n) is 16.2. The van der Waals surface area contributed by atoms with Crippen LogP contribution in [0.3, 0.4) is 0 Å². The van der Waals surface area contributed by atoms with Gasteiger partial charge in [-0.05, 0) is 30.3 Å². The first kappa shape index (κ1) is 19.8. The van der Waals surface area contributed by atoms with Crippen LogP contribution in [0.4, 0.5) is 17.1 Å². The molecule has 154 valence electrons. The standard InChI is InChI=1S/C22H16N4O5/c1-2-13-24(18-12-11-15(25(27)28)14-19(18)26(29)30)23-22-16-7-3-5-9-20(16)31-21-10-6-4-8-17(21)22/h2-12,14H,1,13H2. The van der Waals surface area contributed by atoms with E-state index in [4.69, 9.17) is 9.52 Å². The maximum Gasteiger partial charge on any atom is 0.301 e. The van der Waals surface area contributed by atoms with Crippen LogP contribution in [0.2, 0.25) is 0 Å². The number of hydrogen-bond acceptors (Lipinski definition) is 7. The van der Waals surface area contributed by atoms with Gasteiger partial charge in [0.15, 0.2) is 0 Å². The fraction of sp³-hybridized carbons (Fsp3) is 0.0455. The lowest BCUT2D eigenvalue weighted by atomic mass is 10.1. The Morgan fingerprint density at radius 2 is 1.55 bits per heavy atom. The Kier molecular flexibility index (Phi) is 5.15. The van der Waals surface area contributed by atoms with Crippen molar-refractivity contribution in [3.05, 3.63) is 105 Å². The van der Waals surface area contributed by atoms with Gasteiger partial charge in [0.2, 0.25) is 0 Å². The number of anilines is 1. The van der Waals surface area contributed by atoms with E-state index in [0.29, 0.717) is 16.5 Å². The van der Waals surface area contributed by atoms with Gasteiger partial charge in [0.05, 0.1) is 22.5 Å². The first-order valence-electron chi connectivity index (χ1n) is 9.26. The Balaban J connectivity index is 2.03. The summed E-state index contributed by atoms with van der Waals surface area (Å²) in [5.74, 6) is 0. The molecule has 0 aliphatic heterocycles. The average molecular weight is 416 g/mol. The minimum Gasteiger partial charge on any atom is -0.456 e. The van der Waals surface area contributed by atoms with Crippen molar-refractivity contribution >= 4 is 39.0 Å². The largest absolute Gasteiger partial charge is 0.456 e. The molecule has 4 aromatic rings. The molecule has 0 amide bonds. The Morgan fingerprint density at radius 1 is 0.935 bits per heavy atom. The predicted molar refractivity (Wildman–Crippen MR) is 117 cm³/mol. The molecule has 0 unspecified atom stereocenters. The molecule has 0 radical (unpaired) electrons. The molecule has 3 aromatic carbocycles. The summed E-state index contributed by atoms with van der Waals surface area (Å²) in [5, 5.41) is 30.9. The lowest BCUT2D eigenvalue weighted by Crippen LogP contribution is -2.22. The monoisotopic (exact) mass is 416 g/mol. The number of non-ortho nitro benzene ring substituents is 1. The normalized spacial score (nSPS) is 10.7. The van der Waals surface area contributed by atoms with Crippen LogP contribution < -0.4 is 10.4 Å². The summed E-state index contributed by atoms with van der Waals surface area (Å²) in [6.07, 6.45) is 1.55. The summed E-state index contributed by atoms with van der Waals surface area (Å²) in [6, 6.07) is 18.2. The highest BCUT2D eigenvalue weighted by molar-refractivity contribution is 5.89. The van der Waals surface area contributed by atoms with Gasteiger partial charge in [0.1, 0.15) is 22.2 Å². The second kappa shape index (κ2) is 8.07. The number of nitro groups is 2. The predicted octanol–water partition coefficient (Wildman–Crippen LogP) is 4.91. The quantitative estimate of drug-likeness (QED) is 0.191. The maximum absolute atomic E-state index is 11.7. The third kappa shape index (κ3) is 3.71. The summed E-state index contributed by atoms with van der Waals surface area (Å²) in [7, 11) is 0. The third-order valence-electron chi connectivity index (χ3n) is 4.67. The van der Waals surface area contributed by atoms with Crippen molar-refractivity contribution in [2.75, 3.05) is 11.6 Å². The summed E-state index contributed by atoms with van der Waals surface area (Å²) in [4.78, 5) is 21.4. The van der Waals surface area contributed by atoms with Crippen LogP contribution in [-0.4, -0.2) is 16.4 Å². The van der Waals surface area contributed by atoms with E-state index in [9.17, 15) is 20.2 Å². The molecule has 9 heteroatoms. The van der Waals surface area contributed by atoms with Crippen molar-refractivity contribution in [1.82, 2.24) is 0 Å². The van der Waals surface area contributed by atoms with Gasteiger partial charge in [0, 0.05) is 16.8 Å². The first-order chi connectivity index (χ1) is 15.0. The maximum atomic E-state index is 11.7. The van der Waals surface area contributed by atoms with Gasteiger partial charge >= 0.3 is 5.69 Å². The van der Waals surface area contributed by atoms with Crippen LogP contribution in [-0.2, 0) is 0 Å². The van der Waals surface area contributed by atoms with Crippen molar-refractivity contribution in [2.24, 2.45) is 5.10 Å². The Labute approximate surface area is 175 Å². The number of benzene rings is 3. The zero-order valence-corrected chi connectivity index (χ0v) is 16.2. The van der Waals surface area contributed by atoms with Gasteiger partial charge in [-0.3, -0.25) is 25.2 Å². The molecule has 0 spiro atoms. The fourth-order valence-electron chi connectivity index (χ4n) is 3.30. The highest BCUT2D eigenvalue weighted by Crippen LogP contribution is 2.32. The first-order valence-corrected chi connectivity index (χ1v) is 9.26. The molecular weight excluding hydrogens is 400 g/mol. The van der Waals surface area contributed by atoms with Gasteiger partial charge in [-0.15, -0.1) is 6.58 Å². The van der Waals surface area contributed by atoms with Crippen molar-refractivity contribution in [1.29, 1.82) is 0 Å². The lowest BCUT2D eigenvalue weighted by Gasteiger charge is -2.17. The molecule has 1 heterocycles. The SMILES string of the molecule is C=CCN(N=c1c2ccccc2oc2ccccc12)c1ccc([N+](=O)[O-])cc1[N+](=O)[O-]. The highest BCUT2D eigenvalue weighted by Gasteiger charge is 2.23.